The Hall–Kier alpha value is -2.93. The minimum absolute atomic E-state index is 0.00932. The number of thiophene rings is 1. The Kier molecular flexibility index (Phi) is 9.50. The van der Waals surface area contributed by atoms with Crippen molar-refractivity contribution in [2.24, 2.45) is 11.3 Å². The van der Waals surface area contributed by atoms with Crippen LogP contribution in [0.4, 0.5) is 0 Å². The fourth-order valence-corrected chi connectivity index (χ4v) is 7.98. The van der Waals surface area contributed by atoms with E-state index in [0.717, 1.165) is 46.4 Å². The number of rotatable bonds is 10. The Labute approximate surface area is 260 Å². The third kappa shape index (κ3) is 7.25. The molecule has 1 aromatic carbocycles. The lowest BCUT2D eigenvalue weighted by molar-refractivity contribution is -0.139. The van der Waals surface area contributed by atoms with E-state index in [1.165, 1.54) is 49.8 Å². The summed E-state index contributed by atoms with van der Waals surface area (Å²) >= 11 is 1.60. The predicted octanol–water partition coefficient (Wildman–Crippen LogP) is 8.71. The highest BCUT2D eigenvalue weighted by atomic mass is 32.1. The summed E-state index contributed by atoms with van der Waals surface area (Å²) in [7, 11) is 0. The highest BCUT2D eigenvalue weighted by Gasteiger charge is 2.45. The Morgan fingerprint density at radius 3 is 2.40 bits per heavy atom. The number of pyridine rings is 1. The van der Waals surface area contributed by atoms with Gasteiger partial charge in [0.1, 0.15) is 23.1 Å². The summed E-state index contributed by atoms with van der Waals surface area (Å²) in [6.45, 7) is 11.1. The molecule has 3 aromatic rings. The van der Waals surface area contributed by atoms with Crippen LogP contribution in [-0.2, 0) is 17.6 Å². The second-order valence-corrected chi connectivity index (χ2v) is 15.3. The van der Waals surface area contributed by atoms with E-state index in [0.29, 0.717) is 11.8 Å². The van der Waals surface area contributed by atoms with E-state index >= 15 is 0 Å². The van der Waals surface area contributed by atoms with Crippen LogP contribution in [0.5, 0.6) is 5.75 Å². The van der Waals surface area contributed by atoms with Crippen molar-refractivity contribution in [1.82, 2.24) is 10.3 Å². The van der Waals surface area contributed by atoms with Gasteiger partial charge >= 0.3 is 5.97 Å². The van der Waals surface area contributed by atoms with Crippen molar-refractivity contribution in [3.05, 3.63) is 57.5 Å². The van der Waals surface area contributed by atoms with Gasteiger partial charge < -0.3 is 15.2 Å². The van der Waals surface area contributed by atoms with Crippen LogP contribution in [-0.4, -0.2) is 33.6 Å². The molecule has 7 heteroatoms. The number of hydrogen-bond acceptors (Lipinski definition) is 5. The Morgan fingerprint density at radius 1 is 1.05 bits per heavy atom. The van der Waals surface area contributed by atoms with Crippen molar-refractivity contribution in [3.63, 3.8) is 0 Å². The summed E-state index contributed by atoms with van der Waals surface area (Å²) in [5.74, 6) is 0.287. The molecule has 6 nitrogen and oxygen atoms in total. The van der Waals surface area contributed by atoms with Gasteiger partial charge in [-0.15, -0.1) is 11.3 Å². The second kappa shape index (κ2) is 13.0. The Morgan fingerprint density at radius 2 is 1.77 bits per heavy atom. The number of carboxylic acids is 1. The molecule has 0 saturated heterocycles. The van der Waals surface area contributed by atoms with Gasteiger partial charge in [-0.25, -0.2) is 9.78 Å². The van der Waals surface area contributed by atoms with E-state index in [2.05, 4.69) is 46.0 Å². The van der Waals surface area contributed by atoms with Gasteiger partial charge in [-0.05, 0) is 79.7 Å². The van der Waals surface area contributed by atoms with E-state index in [1.807, 2.05) is 24.3 Å². The van der Waals surface area contributed by atoms with Crippen LogP contribution in [0.2, 0.25) is 0 Å². The van der Waals surface area contributed by atoms with Crippen LogP contribution in [0, 0.1) is 11.3 Å². The highest BCUT2D eigenvalue weighted by Crippen LogP contribution is 2.45. The second-order valence-electron chi connectivity index (χ2n) is 14.1. The van der Waals surface area contributed by atoms with Gasteiger partial charge in [-0.1, -0.05) is 72.8 Å². The summed E-state index contributed by atoms with van der Waals surface area (Å²) in [5, 5.41) is 14.7. The van der Waals surface area contributed by atoms with Crippen molar-refractivity contribution in [1.29, 1.82) is 0 Å². The molecular formula is C36H48N2O4S. The summed E-state index contributed by atoms with van der Waals surface area (Å²) in [4.78, 5) is 32.8. The summed E-state index contributed by atoms with van der Waals surface area (Å²) in [6.07, 6.45) is 11.6. The molecule has 2 fully saturated rings. The van der Waals surface area contributed by atoms with Gasteiger partial charge in [0.15, 0.2) is 0 Å². The van der Waals surface area contributed by atoms with Crippen molar-refractivity contribution >= 4 is 34.0 Å². The third-order valence-electron chi connectivity index (χ3n) is 9.67. The summed E-state index contributed by atoms with van der Waals surface area (Å²) in [5.41, 5.74) is 0.977. The molecule has 2 aromatic heterocycles. The quantitative estimate of drug-likeness (QED) is 0.242. The van der Waals surface area contributed by atoms with E-state index in [9.17, 15) is 14.7 Å². The van der Waals surface area contributed by atoms with Gasteiger partial charge in [-0.2, -0.15) is 0 Å². The van der Waals surface area contributed by atoms with Gasteiger partial charge in [0.05, 0.1) is 0 Å². The van der Waals surface area contributed by atoms with Crippen LogP contribution >= 0.6 is 11.3 Å². The molecule has 0 aliphatic heterocycles. The van der Waals surface area contributed by atoms with E-state index < -0.39 is 17.9 Å². The molecule has 0 unspecified atom stereocenters. The van der Waals surface area contributed by atoms with Crippen LogP contribution in [0.25, 0.3) is 10.8 Å². The summed E-state index contributed by atoms with van der Waals surface area (Å²) < 4.78 is 6.90. The zero-order chi connectivity index (χ0) is 30.8. The molecule has 0 spiro atoms. The lowest BCUT2D eigenvalue weighted by Gasteiger charge is -2.47. The topological polar surface area (TPSA) is 88.5 Å². The number of hydrogen-bond donors (Lipinski definition) is 2. The molecule has 2 aliphatic carbocycles. The van der Waals surface area contributed by atoms with Gasteiger partial charge in [0.2, 0.25) is 0 Å². The van der Waals surface area contributed by atoms with Gasteiger partial charge in [0.25, 0.3) is 5.91 Å². The SMILES string of the molecule is CC(C)c1ccc(C[C@H](NC(=O)c2cc3ccc(OC4(C(C)(C)C)CCCCC4)cc3c(CC3CCCC3)n2)C(=O)O)s1. The van der Waals surface area contributed by atoms with E-state index in [-0.39, 0.29) is 23.1 Å². The molecule has 1 atom stereocenters. The number of aromatic nitrogens is 1. The number of nitrogens with zero attached hydrogens (tertiary/aromatic N) is 1. The van der Waals surface area contributed by atoms with Crippen LogP contribution in [0.1, 0.15) is 124 Å². The number of carbonyl (C=O) groups excluding carboxylic acids is 1. The number of carbonyl (C=O) groups is 2. The van der Waals surface area contributed by atoms with Crippen molar-refractivity contribution in [2.75, 3.05) is 0 Å². The summed E-state index contributed by atoms with van der Waals surface area (Å²) in [6, 6.07) is 11.0. The minimum atomic E-state index is -1.04. The zero-order valence-electron chi connectivity index (χ0n) is 26.5. The standard InChI is InChI=1S/C36H48N2O4S/c1-23(2)32-16-15-27(43-32)22-31(34(40)41)38-33(39)30-20-25-13-14-26(42-36(35(3,4)5)17-9-6-10-18-36)21-28(25)29(37-30)19-24-11-7-8-12-24/h13-16,20-21,23-24,31H,6-12,17-19,22H2,1-5H3,(H,38,39)(H,40,41)/t31-/m0/s1. The molecular weight excluding hydrogens is 556 g/mol. The number of nitrogens with one attached hydrogen (secondary N) is 1. The first-order valence-electron chi connectivity index (χ1n) is 16.2. The third-order valence-corrected chi connectivity index (χ3v) is 11.1. The molecule has 2 N–H and O–H groups in total. The van der Waals surface area contributed by atoms with Crippen LogP contribution in [0.3, 0.4) is 0 Å². The molecule has 43 heavy (non-hydrogen) atoms. The lowest BCUT2D eigenvalue weighted by atomic mass is 9.68. The van der Waals surface area contributed by atoms with Crippen molar-refractivity contribution in [2.45, 2.75) is 123 Å². The van der Waals surface area contributed by atoms with E-state index in [4.69, 9.17) is 9.72 Å². The van der Waals surface area contributed by atoms with E-state index in [1.54, 1.807) is 17.4 Å². The maximum Gasteiger partial charge on any atom is 0.326 e. The molecule has 232 valence electrons. The molecule has 0 radical (unpaired) electrons. The average molecular weight is 605 g/mol. The van der Waals surface area contributed by atoms with Gasteiger partial charge in [0, 0.05) is 32.7 Å². The molecule has 2 saturated carbocycles. The monoisotopic (exact) mass is 604 g/mol. The molecule has 0 bridgehead atoms. The zero-order valence-corrected chi connectivity index (χ0v) is 27.3. The van der Waals surface area contributed by atoms with Crippen LogP contribution in [0.15, 0.2) is 36.4 Å². The number of carboxylic acid groups (broad SMARTS) is 1. The molecule has 2 aliphatic rings. The number of fused-ring (bicyclic) bond motifs is 1. The van der Waals surface area contributed by atoms with Crippen molar-refractivity contribution in [3.8, 4) is 5.75 Å². The average Bonchev–Trinajstić information content (AvgIpc) is 3.65. The van der Waals surface area contributed by atoms with Gasteiger partial charge in [-0.3, -0.25) is 4.79 Å². The minimum Gasteiger partial charge on any atom is -0.487 e. The number of benzene rings is 1. The molecule has 1 amide bonds. The number of amides is 1. The number of ether oxygens (including phenoxy) is 1. The lowest BCUT2D eigenvalue weighted by Crippen LogP contribution is -2.49. The first kappa shape index (κ1) is 31.5. The molecule has 5 rings (SSSR count). The molecule has 2 heterocycles. The maximum atomic E-state index is 13.5. The fraction of sp³-hybridized carbons (Fsp3) is 0.583. The first-order valence-corrected chi connectivity index (χ1v) is 17.0. The smallest absolute Gasteiger partial charge is 0.326 e. The normalized spacial score (nSPS) is 18.2. The fourth-order valence-electron chi connectivity index (χ4n) is 6.92. The Balaban J connectivity index is 1.44. The number of aliphatic carboxylic acids is 1. The van der Waals surface area contributed by atoms with Crippen molar-refractivity contribution < 1.29 is 19.4 Å². The largest absolute Gasteiger partial charge is 0.487 e. The van der Waals surface area contributed by atoms with Crippen LogP contribution < -0.4 is 10.1 Å². The Bertz CT molecular complexity index is 1440. The maximum absolute atomic E-state index is 13.5. The predicted molar refractivity (Wildman–Crippen MR) is 174 cm³/mol. The highest BCUT2D eigenvalue weighted by molar-refractivity contribution is 7.12. The first-order chi connectivity index (χ1) is 20.4.